The summed E-state index contributed by atoms with van der Waals surface area (Å²) in [7, 11) is -2.94. The number of rotatable bonds is 6. The predicted molar refractivity (Wildman–Crippen MR) is 68.8 cm³/mol. The molecule has 1 rings (SSSR count). The Morgan fingerprint density at radius 3 is 2.67 bits per heavy atom. The van der Waals surface area contributed by atoms with Gasteiger partial charge in [0.05, 0.1) is 5.75 Å². The van der Waals surface area contributed by atoms with Gasteiger partial charge < -0.3 is 10.4 Å². The molecule has 4 nitrogen and oxygen atoms in total. The highest BCUT2D eigenvalue weighted by Gasteiger charge is 2.10. The third-order valence-electron chi connectivity index (χ3n) is 2.60. The van der Waals surface area contributed by atoms with E-state index in [1.54, 1.807) is 0 Å². The van der Waals surface area contributed by atoms with Crippen molar-refractivity contribution in [1.29, 1.82) is 0 Å². The van der Waals surface area contributed by atoms with Crippen LogP contribution >= 0.6 is 0 Å². The minimum Gasteiger partial charge on any atom is -0.508 e. The van der Waals surface area contributed by atoms with Gasteiger partial charge >= 0.3 is 0 Å². The van der Waals surface area contributed by atoms with Crippen LogP contribution < -0.4 is 5.32 Å². The quantitative estimate of drug-likeness (QED) is 0.774. The first-order chi connectivity index (χ1) is 8.29. The number of phenolic OH excluding ortho intramolecular Hbond substituents is 1. The summed E-state index contributed by atoms with van der Waals surface area (Å²) in [5, 5.41) is 12.7. The molecule has 0 aromatic heterocycles. The van der Waals surface area contributed by atoms with Crippen LogP contribution in [0.15, 0.2) is 18.2 Å². The first-order valence-electron chi connectivity index (χ1n) is 5.69. The van der Waals surface area contributed by atoms with Crippen molar-refractivity contribution < 1.29 is 17.9 Å². The van der Waals surface area contributed by atoms with Crippen LogP contribution in [0.3, 0.4) is 0 Å². The zero-order chi connectivity index (χ0) is 13.8. The van der Waals surface area contributed by atoms with Gasteiger partial charge in [-0.25, -0.2) is 12.8 Å². The predicted octanol–water partition coefficient (Wildman–Crippen LogP) is 1.62. The summed E-state index contributed by atoms with van der Waals surface area (Å²) in [4.78, 5) is 0. The van der Waals surface area contributed by atoms with E-state index in [0.29, 0.717) is 18.5 Å². The molecule has 0 radical (unpaired) electrons. The van der Waals surface area contributed by atoms with E-state index in [2.05, 4.69) is 5.32 Å². The van der Waals surface area contributed by atoms with Crippen molar-refractivity contribution in [3.8, 4) is 5.75 Å². The van der Waals surface area contributed by atoms with Crippen LogP contribution in [0.5, 0.6) is 5.75 Å². The van der Waals surface area contributed by atoms with Gasteiger partial charge in [-0.2, -0.15) is 0 Å². The number of nitrogens with one attached hydrogen (secondary N) is 1. The molecule has 6 heteroatoms. The van der Waals surface area contributed by atoms with E-state index < -0.39 is 15.7 Å². The zero-order valence-electron chi connectivity index (χ0n) is 10.5. The molecule has 0 saturated heterocycles. The Kier molecular flexibility index (Phi) is 5.10. The molecule has 0 spiro atoms. The summed E-state index contributed by atoms with van der Waals surface area (Å²) in [6.07, 6.45) is 1.70. The molecule has 1 atom stereocenters. The van der Waals surface area contributed by atoms with Gasteiger partial charge in [-0.05, 0) is 26.0 Å². The molecule has 0 aliphatic carbocycles. The molecule has 2 N–H and O–H groups in total. The fraction of sp³-hybridized carbons (Fsp3) is 0.500. The van der Waals surface area contributed by atoms with Crippen molar-refractivity contribution in [1.82, 2.24) is 5.32 Å². The Hall–Kier alpha value is -1.14. The van der Waals surface area contributed by atoms with Crippen molar-refractivity contribution in [3.63, 3.8) is 0 Å². The number of phenols is 1. The fourth-order valence-corrected chi connectivity index (χ4v) is 2.31. The summed E-state index contributed by atoms with van der Waals surface area (Å²) >= 11 is 0. The summed E-state index contributed by atoms with van der Waals surface area (Å²) < 4.78 is 34.7. The Balaban J connectivity index is 2.48. The van der Waals surface area contributed by atoms with Gasteiger partial charge in [-0.1, -0.05) is 6.07 Å². The van der Waals surface area contributed by atoms with Crippen LogP contribution in [0.4, 0.5) is 4.39 Å². The lowest BCUT2D eigenvalue weighted by Gasteiger charge is -2.15. The molecule has 0 aliphatic rings. The maximum absolute atomic E-state index is 12.8. The first kappa shape index (κ1) is 14.9. The maximum Gasteiger partial charge on any atom is 0.147 e. The van der Waals surface area contributed by atoms with Gasteiger partial charge in [-0.15, -0.1) is 0 Å². The molecule has 18 heavy (non-hydrogen) atoms. The summed E-state index contributed by atoms with van der Waals surface area (Å²) in [5.74, 6) is -0.457. The monoisotopic (exact) mass is 275 g/mol. The highest BCUT2D eigenvalue weighted by Crippen LogP contribution is 2.24. The lowest BCUT2D eigenvalue weighted by molar-refractivity contribution is 0.447. The SMILES string of the molecule is CC(NCCCS(C)(=O)=O)c1ccc(F)cc1O. The molecule has 1 aromatic carbocycles. The van der Waals surface area contributed by atoms with Crippen molar-refractivity contribution in [3.05, 3.63) is 29.6 Å². The largest absolute Gasteiger partial charge is 0.508 e. The van der Waals surface area contributed by atoms with Crippen molar-refractivity contribution in [2.24, 2.45) is 0 Å². The molecule has 0 fully saturated rings. The van der Waals surface area contributed by atoms with Gasteiger partial charge in [-0.3, -0.25) is 0 Å². The number of benzene rings is 1. The Morgan fingerprint density at radius 1 is 1.44 bits per heavy atom. The fourth-order valence-electron chi connectivity index (χ4n) is 1.65. The van der Waals surface area contributed by atoms with Crippen LogP contribution in [-0.2, 0) is 9.84 Å². The van der Waals surface area contributed by atoms with Gasteiger partial charge in [0, 0.05) is 23.9 Å². The van der Waals surface area contributed by atoms with Gasteiger partial charge in [0.2, 0.25) is 0 Å². The summed E-state index contributed by atoms with van der Waals surface area (Å²) in [6.45, 7) is 2.35. The Labute approximate surface area is 107 Å². The second kappa shape index (κ2) is 6.15. The summed E-state index contributed by atoms with van der Waals surface area (Å²) in [5.41, 5.74) is 0.593. The van der Waals surface area contributed by atoms with Crippen LogP contribution in [0.25, 0.3) is 0 Å². The molecule has 0 saturated carbocycles. The third-order valence-corrected chi connectivity index (χ3v) is 3.63. The lowest BCUT2D eigenvalue weighted by Crippen LogP contribution is -2.22. The van der Waals surface area contributed by atoms with E-state index in [1.165, 1.54) is 18.4 Å². The molecule has 1 aromatic rings. The molecule has 0 aliphatic heterocycles. The van der Waals surface area contributed by atoms with E-state index in [-0.39, 0.29) is 17.5 Å². The van der Waals surface area contributed by atoms with E-state index in [9.17, 15) is 17.9 Å². The van der Waals surface area contributed by atoms with Crippen LogP contribution in [0, 0.1) is 5.82 Å². The maximum atomic E-state index is 12.8. The number of hydrogen-bond donors (Lipinski definition) is 2. The Bertz CT molecular complexity index is 502. The first-order valence-corrected chi connectivity index (χ1v) is 7.75. The molecule has 1 unspecified atom stereocenters. The van der Waals surface area contributed by atoms with E-state index in [0.717, 1.165) is 6.07 Å². The number of halogens is 1. The van der Waals surface area contributed by atoms with Crippen molar-refractivity contribution >= 4 is 9.84 Å². The minimum absolute atomic E-state index is 0.0990. The van der Waals surface area contributed by atoms with E-state index in [1.807, 2.05) is 6.92 Å². The van der Waals surface area contributed by atoms with E-state index >= 15 is 0 Å². The van der Waals surface area contributed by atoms with Crippen LogP contribution in [0.2, 0.25) is 0 Å². The zero-order valence-corrected chi connectivity index (χ0v) is 11.3. The average molecular weight is 275 g/mol. The normalized spacial score (nSPS) is 13.5. The van der Waals surface area contributed by atoms with Crippen molar-refractivity contribution in [2.45, 2.75) is 19.4 Å². The second-order valence-electron chi connectivity index (χ2n) is 4.36. The van der Waals surface area contributed by atoms with Crippen LogP contribution in [0.1, 0.15) is 24.9 Å². The molecule has 0 amide bonds. The highest BCUT2D eigenvalue weighted by atomic mass is 32.2. The molecular formula is C12H18FNO3S. The number of aromatic hydroxyl groups is 1. The van der Waals surface area contributed by atoms with Gasteiger partial charge in [0.15, 0.2) is 0 Å². The second-order valence-corrected chi connectivity index (χ2v) is 6.62. The van der Waals surface area contributed by atoms with Crippen molar-refractivity contribution in [2.75, 3.05) is 18.6 Å². The smallest absolute Gasteiger partial charge is 0.147 e. The van der Waals surface area contributed by atoms with Gasteiger partial charge in [0.25, 0.3) is 0 Å². The minimum atomic E-state index is -2.94. The van der Waals surface area contributed by atoms with E-state index in [4.69, 9.17) is 0 Å². The summed E-state index contributed by atoms with van der Waals surface area (Å²) in [6, 6.07) is 3.69. The number of sulfone groups is 1. The molecular weight excluding hydrogens is 257 g/mol. The third kappa shape index (κ3) is 5.01. The molecule has 102 valence electrons. The van der Waals surface area contributed by atoms with Crippen LogP contribution in [-0.4, -0.2) is 32.1 Å². The van der Waals surface area contributed by atoms with Gasteiger partial charge in [0.1, 0.15) is 21.4 Å². The lowest BCUT2D eigenvalue weighted by atomic mass is 10.1. The Morgan fingerprint density at radius 2 is 2.11 bits per heavy atom. The average Bonchev–Trinajstić information content (AvgIpc) is 2.22. The standard InChI is InChI=1S/C12H18FNO3S/c1-9(14-6-3-7-18(2,16)17)11-5-4-10(13)8-12(11)15/h4-5,8-9,14-15H,3,6-7H2,1-2H3. The topological polar surface area (TPSA) is 66.4 Å². The highest BCUT2D eigenvalue weighted by molar-refractivity contribution is 7.90. The number of hydrogen-bond acceptors (Lipinski definition) is 4. The molecule has 0 bridgehead atoms. The molecule has 0 heterocycles.